The molecule has 0 radical (unpaired) electrons. The topological polar surface area (TPSA) is 89.6 Å². The lowest BCUT2D eigenvalue weighted by Crippen LogP contribution is -2.48. The fourth-order valence-corrected chi connectivity index (χ4v) is 3.21. The van der Waals surface area contributed by atoms with Crippen LogP contribution in [0, 0.1) is 24.0 Å². The molecule has 3 aromatic rings. The molecule has 0 amide bonds. The third-order valence-electron chi connectivity index (χ3n) is 4.41. The van der Waals surface area contributed by atoms with E-state index in [9.17, 15) is 14.9 Å². The molecule has 0 N–H and O–H groups in total. The summed E-state index contributed by atoms with van der Waals surface area (Å²) in [4.78, 5) is 28.5. The van der Waals surface area contributed by atoms with Gasteiger partial charge in [-0.1, -0.05) is 12.1 Å². The fourth-order valence-electron chi connectivity index (χ4n) is 2.91. The van der Waals surface area contributed by atoms with Gasteiger partial charge in [-0.25, -0.2) is 0 Å². The van der Waals surface area contributed by atoms with Crippen LogP contribution in [0.4, 0.5) is 5.69 Å². The summed E-state index contributed by atoms with van der Waals surface area (Å²) in [7, 11) is 0. The van der Waals surface area contributed by atoms with E-state index in [-0.39, 0.29) is 28.6 Å². The van der Waals surface area contributed by atoms with Crippen molar-refractivity contribution in [2.45, 2.75) is 26.4 Å². The van der Waals surface area contributed by atoms with E-state index in [4.69, 9.17) is 17.0 Å². The number of nitro groups is 1. The number of ketones is 1. The lowest BCUT2D eigenvalue weighted by molar-refractivity contribution is -0.692. The standard InChI is InChI=1S/C21H19N3O4S/c1-14-5-3-9-23(13-14)19(21(29)22-12-17-6-4-10-28-17)20(25)16-8-7-15(2)18(11-16)24(26)27/h3-11,13,19H,12H2,1-2H3/t19-/m1/s1. The molecule has 1 atom stereocenters. The van der Waals surface area contributed by atoms with Gasteiger partial charge in [-0.3, -0.25) is 14.9 Å². The Balaban J connectivity index is 2.03. The van der Waals surface area contributed by atoms with Crippen LogP contribution in [0.2, 0.25) is 0 Å². The zero-order valence-corrected chi connectivity index (χ0v) is 16.8. The Morgan fingerprint density at radius 3 is 2.72 bits per heavy atom. The fraction of sp³-hybridized carbons (Fsp3) is 0.190. The average molecular weight is 409 g/mol. The van der Waals surface area contributed by atoms with Crippen molar-refractivity contribution in [2.24, 2.45) is 4.99 Å². The molecular formula is C21H19N3O4S. The predicted molar refractivity (Wildman–Crippen MR) is 110 cm³/mol. The van der Waals surface area contributed by atoms with E-state index in [1.54, 1.807) is 48.1 Å². The van der Waals surface area contributed by atoms with Crippen molar-refractivity contribution in [3.8, 4) is 0 Å². The number of nitro benzene ring substituents is 1. The molecule has 7 nitrogen and oxygen atoms in total. The SMILES string of the molecule is Cc1ccc[n+]([C@H](C(=O)c2ccc(C)c([N+](=O)[O-])c2)C([S-])=NCc2ccco2)c1. The first-order valence-corrected chi connectivity index (χ1v) is 9.28. The van der Waals surface area contributed by atoms with Gasteiger partial charge in [0.05, 0.1) is 17.7 Å². The number of hydrogen-bond acceptors (Lipinski definition) is 6. The number of nitrogens with zero attached hydrogens (tertiary/aromatic N) is 3. The predicted octanol–water partition coefficient (Wildman–Crippen LogP) is 3.66. The third-order valence-corrected chi connectivity index (χ3v) is 4.76. The van der Waals surface area contributed by atoms with Gasteiger partial charge in [-0.2, -0.15) is 4.57 Å². The van der Waals surface area contributed by atoms with Gasteiger partial charge in [0.2, 0.25) is 11.8 Å². The van der Waals surface area contributed by atoms with Gasteiger partial charge in [-0.15, -0.1) is 0 Å². The molecule has 0 spiro atoms. The van der Waals surface area contributed by atoms with Crippen LogP contribution in [0.5, 0.6) is 0 Å². The quantitative estimate of drug-likeness (QED) is 0.113. The maximum atomic E-state index is 13.3. The largest absolute Gasteiger partial charge is 0.758 e. The summed E-state index contributed by atoms with van der Waals surface area (Å²) in [6, 6.07) is 10.7. The van der Waals surface area contributed by atoms with Crippen LogP contribution in [0.25, 0.3) is 0 Å². The highest BCUT2D eigenvalue weighted by molar-refractivity contribution is 7.77. The first-order valence-electron chi connectivity index (χ1n) is 8.87. The van der Waals surface area contributed by atoms with Crippen LogP contribution in [0.1, 0.15) is 33.3 Å². The van der Waals surface area contributed by atoms with Gasteiger partial charge in [0.25, 0.3) is 5.69 Å². The van der Waals surface area contributed by atoms with E-state index in [0.29, 0.717) is 11.3 Å². The highest BCUT2D eigenvalue weighted by atomic mass is 32.1. The third kappa shape index (κ3) is 4.72. The zero-order chi connectivity index (χ0) is 21.0. The minimum Gasteiger partial charge on any atom is -0.758 e. The highest BCUT2D eigenvalue weighted by Crippen LogP contribution is 2.22. The molecular weight excluding hydrogens is 390 g/mol. The number of aliphatic imine (C=N–C) groups is 1. The summed E-state index contributed by atoms with van der Waals surface area (Å²) < 4.78 is 6.95. The van der Waals surface area contributed by atoms with Crippen molar-refractivity contribution in [1.82, 2.24) is 0 Å². The number of benzene rings is 1. The Hall–Kier alpha value is -3.39. The van der Waals surface area contributed by atoms with Crippen molar-refractivity contribution in [2.75, 3.05) is 0 Å². The van der Waals surface area contributed by atoms with Crippen molar-refractivity contribution < 1.29 is 18.7 Å². The van der Waals surface area contributed by atoms with Gasteiger partial charge >= 0.3 is 0 Å². The summed E-state index contributed by atoms with van der Waals surface area (Å²) in [6.07, 6.45) is 5.06. The monoisotopic (exact) mass is 409 g/mol. The lowest BCUT2D eigenvalue weighted by atomic mass is 10.0. The molecule has 1 aromatic carbocycles. The van der Waals surface area contributed by atoms with Gasteiger partial charge in [0.15, 0.2) is 12.4 Å². The number of rotatable bonds is 7. The first-order chi connectivity index (χ1) is 13.9. The molecule has 8 heteroatoms. The second kappa shape index (κ2) is 8.74. The van der Waals surface area contributed by atoms with Gasteiger partial charge in [-0.05, 0) is 37.1 Å². The maximum Gasteiger partial charge on any atom is 0.273 e. The normalized spacial score (nSPS) is 12.6. The number of pyridine rings is 1. The van der Waals surface area contributed by atoms with E-state index in [1.807, 2.05) is 19.1 Å². The van der Waals surface area contributed by atoms with Crippen molar-refractivity contribution >= 4 is 29.1 Å². The molecule has 0 aliphatic carbocycles. The summed E-state index contributed by atoms with van der Waals surface area (Å²) in [6.45, 7) is 3.73. The van der Waals surface area contributed by atoms with E-state index >= 15 is 0 Å². The molecule has 0 aliphatic rings. The Labute approximate surface area is 173 Å². The molecule has 0 fully saturated rings. The minimum absolute atomic E-state index is 0.109. The maximum absolute atomic E-state index is 13.3. The van der Waals surface area contributed by atoms with E-state index < -0.39 is 11.0 Å². The molecule has 2 heterocycles. The average Bonchev–Trinajstić information content (AvgIpc) is 3.20. The smallest absolute Gasteiger partial charge is 0.273 e. The molecule has 0 aliphatic heterocycles. The number of aryl methyl sites for hydroxylation is 2. The number of carbonyl (C=O) groups excluding carboxylic acids is 1. The summed E-state index contributed by atoms with van der Waals surface area (Å²) in [5.41, 5.74) is 1.52. The molecule has 3 rings (SSSR count). The van der Waals surface area contributed by atoms with E-state index in [0.717, 1.165) is 5.56 Å². The molecule has 2 aromatic heterocycles. The van der Waals surface area contributed by atoms with Crippen molar-refractivity contribution in [3.05, 3.63) is 93.7 Å². The Kier molecular flexibility index (Phi) is 6.13. The van der Waals surface area contributed by atoms with Crippen LogP contribution in [0.15, 0.2) is 70.5 Å². The molecule has 0 bridgehead atoms. The van der Waals surface area contributed by atoms with Crippen LogP contribution in [-0.4, -0.2) is 15.8 Å². The van der Waals surface area contributed by atoms with E-state index in [2.05, 4.69) is 4.99 Å². The number of hydrogen-bond donors (Lipinski definition) is 0. The highest BCUT2D eigenvalue weighted by Gasteiger charge is 2.30. The first kappa shape index (κ1) is 20.3. The van der Waals surface area contributed by atoms with Gasteiger partial charge in [0.1, 0.15) is 5.76 Å². The Morgan fingerprint density at radius 1 is 1.28 bits per heavy atom. The minimum atomic E-state index is -0.901. The van der Waals surface area contributed by atoms with Crippen molar-refractivity contribution in [1.29, 1.82) is 0 Å². The number of furan rings is 1. The molecule has 0 saturated heterocycles. The molecule has 0 saturated carbocycles. The summed E-state index contributed by atoms with van der Waals surface area (Å²) >= 11 is 5.48. The summed E-state index contributed by atoms with van der Waals surface area (Å²) in [5.74, 6) is 0.260. The van der Waals surface area contributed by atoms with Crippen LogP contribution in [0.3, 0.4) is 0 Å². The second-order valence-corrected chi connectivity index (χ2v) is 7.01. The number of Topliss-reactive ketones (excluding diaryl/α,β-unsaturated/α-hetero) is 1. The number of aromatic nitrogens is 1. The van der Waals surface area contributed by atoms with E-state index in [1.165, 1.54) is 12.3 Å². The van der Waals surface area contributed by atoms with Crippen LogP contribution >= 0.6 is 0 Å². The Bertz CT molecular complexity index is 1080. The second-order valence-electron chi connectivity index (χ2n) is 6.59. The molecule has 148 valence electrons. The lowest BCUT2D eigenvalue weighted by Gasteiger charge is -2.19. The molecule has 0 unspecified atom stereocenters. The van der Waals surface area contributed by atoms with Gasteiger partial charge < -0.3 is 22.0 Å². The number of carbonyl (C=O) groups is 1. The van der Waals surface area contributed by atoms with Crippen LogP contribution < -0.4 is 4.57 Å². The van der Waals surface area contributed by atoms with Crippen LogP contribution in [-0.2, 0) is 19.2 Å². The molecule has 29 heavy (non-hydrogen) atoms. The van der Waals surface area contributed by atoms with Crippen molar-refractivity contribution in [3.63, 3.8) is 0 Å². The summed E-state index contributed by atoms with van der Waals surface area (Å²) in [5, 5.41) is 11.5. The van der Waals surface area contributed by atoms with Gasteiger partial charge in [0, 0.05) is 28.8 Å². The Morgan fingerprint density at radius 2 is 2.07 bits per heavy atom. The zero-order valence-electron chi connectivity index (χ0n) is 15.9.